The minimum Gasteiger partial charge on any atom is -0.497 e. The van der Waals surface area contributed by atoms with E-state index in [4.69, 9.17) is 9.47 Å². The van der Waals surface area contributed by atoms with Crippen LogP contribution in [0.25, 0.3) is 0 Å². The van der Waals surface area contributed by atoms with Gasteiger partial charge in [0, 0.05) is 51.0 Å². The number of fused-ring (bicyclic) bond motifs is 1. The summed E-state index contributed by atoms with van der Waals surface area (Å²) in [4.78, 5) is 16.9. The third kappa shape index (κ3) is 5.81. The average molecular weight is 440 g/mol. The zero-order valence-electron chi connectivity index (χ0n) is 19.9. The van der Waals surface area contributed by atoms with E-state index in [2.05, 4.69) is 33.3 Å². The lowest BCUT2D eigenvalue weighted by Crippen LogP contribution is -2.46. The summed E-state index contributed by atoms with van der Waals surface area (Å²) in [7, 11) is 3.37. The van der Waals surface area contributed by atoms with Gasteiger partial charge in [0.2, 0.25) is 0 Å². The Kier molecular flexibility index (Phi) is 8.94. The summed E-state index contributed by atoms with van der Waals surface area (Å²) >= 11 is 0. The highest BCUT2D eigenvalue weighted by Crippen LogP contribution is 2.31. The highest BCUT2D eigenvalue weighted by atomic mass is 16.5. The Labute approximate surface area is 192 Å². The van der Waals surface area contributed by atoms with Crippen LogP contribution in [-0.2, 0) is 11.2 Å². The van der Waals surface area contributed by atoms with E-state index in [9.17, 15) is 4.79 Å². The Hall–Kier alpha value is -2.57. The molecule has 0 aromatic heterocycles. The van der Waals surface area contributed by atoms with Crippen LogP contribution in [-0.4, -0.2) is 64.3 Å². The van der Waals surface area contributed by atoms with Crippen molar-refractivity contribution in [1.29, 1.82) is 0 Å². The molecule has 6 nitrogen and oxygen atoms in total. The molecule has 1 fully saturated rings. The van der Waals surface area contributed by atoms with Crippen LogP contribution in [0, 0.1) is 0 Å². The van der Waals surface area contributed by atoms with E-state index in [0.717, 1.165) is 63.5 Å². The van der Waals surface area contributed by atoms with Crippen molar-refractivity contribution in [3.8, 4) is 5.75 Å². The topological polar surface area (TPSA) is 54.0 Å². The number of anilines is 1. The Morgan fingerprint density at radius 2 is 1.81 bits per heavy atom. The highest BCUT2D eigenvalue weighted by Gasteiger charge is 2.24. The quantitative estimate of drug-likeness (QED) is 0.740. The minimum absolute atomic E-state index is 0.0319. The molecule has 174 valence electrons. The second-order valence-electron chi connectivity index (χ2n) is 7.92. The second kappa shape index (κ2) is 11.9. The monoisotopic (exact) mass is 439 g/mol. The lowest BCUT2D eigenvalue weighted by Gasteiger charge is -2.37. The van der Waals surface area contributed by atoms with E-state index in [1.54, 1.807) is 14.2 Å². The second-order valence-corrected chi connectivity index (χ2v) is 7.92. The molecule has 2 aliphatic heterocycles. The van der Waals surface area contributed by atoms with Crippen LogP contribution >= 0.6 is 0 Å². The van der Waals surface area contributed by atoms with Gasteiger partial charge >= 0.3 is 0 Å². The van der Waals surface area contributed by atoms with Crippen molar-refractivity contribution in [1.82, 2.24) is 10.2 Å². The third-order valence-electron chi connectivity index (χ3n) is 6.19. The van der Waals surface area contributed by atoms with Gasteiger partial charge in [-0.15, -0.1) is 0 Å². The largest absolute Gasteiger partial charge is 0.497 e. The average Bonchev–Trinajstić information content (AvgIpc) is 2.88. The number of hydrogen-bond donors (Lipinski definition) is 1. The number of piperazine rings is 1. The molecule has 1 amide bonds. The first-order chi connectivity index (χ1) is 15.7. The van der Waals surface area contributed by atoms with Gasteiger partial charge in [0.05, 0.1) is 19.8 Å². The number of carbonyl (C=O) groups excluding carboxylic acids is 1. The fourth-order valence-electron chi connectivity index (χ4n) is 4.38. The predicted molar refractivity (Wildman–Crippen MR) is 130 cm³/mol. The van der Waals surface area contributed by atoms with E-state index < -0.39 is 0 Å². The van der Waals surface area contributed by atoms with Gasteiger partial charge in [0.1, 0.15) is 5.75 Å². The smallest absolute Gasteiger partial charge is 0.251 e. The van der Waals surface area contributed by atoms with Crippen LogP contribution < -0.4 is 15.0 Å². The zero-order chi connectivity index (χ0) is 22.9. The molecule has 0 spiro atoms. The summed E-state index contributed by atoms with van der Waals surface area (Å²) in [5.41, 5.74) is 4.47. The molecule has 0 radical (unpaired) electrons. The van der Waals surface area contributed by atoms with Gasteiger partial charge in [0.15, 0.2) is 0 Å². The molecule has 6 heteroatoms. The molecule has 2 aliphatic rings. The third-order valence-corrected chi connectivity index (χ3v) is 6.19. The summed E-state index contributed by atoms with van der Waals surface area (Å²) in [6.07, 6.45) is 1.97. The summed E-state index contributed by atoms with van der Waals surface area (Å²) in [5, 5.41) is 2.70. The summed E-state index contributed by atoms with van der Waals surface area (Å²) < 4.78 is 11.3. The molecule has 2 heterocycles. The minimum atomic E-state index is -0.0319. The normalized spacial score (nSPS) is 18.2. The molecule has 0 saturated carbocycles. The predicted octanol–water partition coefficient (Wildman–Crippen LogP) is 3.91. The van der Waals surface area contributed by atoms with Gasteiger partial charge in [-0.05, 0) is 60.4 Å². The maximum atomic E-state index is 11.9. The van der Waals surface area contributed by atoms with Gasteiger partial charge in [-0.1, -0.05) is 19.9 Å². The Morgan fingerprint density at radius 3 is 2.47 bits per heavy atom. The van der Waals surface area contributed by atoms with E-state index in [-0.39, 0.29) is 12.0 Å². The number of benzene rings is 2. The van der Waals surface area contributed by atoms with Gasteiger partial charge < -0.3 is 19.7 Å². The van der Waals surface area contributed by atoms with Crippen LogP contribution in [0.2, 0.25) is 0 Å². The molecule has 2 aromatic rings. The van der Waals surface area contributed by atoms with Crippen molar-refractivity contribution in [2.75, 3.05) is 58.4 Å². The van der Waals surface area contributed by atoms with Gasteiger partial charge in [-0.25, -0.2) is 0 Å². The Balaban J connectivity index is 0.00000141. The molecular formula is C26H37N3O3. The van der Waals surface area contributed by atoms with E-state index in [0.29, 0.717) is 0 Å². The number of rotatable bonds is 6. The Bertz CT molecular complexity index is 861. The fraction of sp³-hybridized carbons (Fsp3) is 0.500. The first-order valence-electron chi connectivity index (χ1n) is 11.8. The lowest BCUT2D eigenvalue weighted by atomic mass is 9.93. The number of nitrogens with one attached hydrogen (secondary N) is 1. The highest BCUT2D eigenvalue weighted by molar-refractivity contribution is 5.94. The zero-order valence-corrected chi connectivity index (χ0v) is 19.9. The van der Waals surface area contributed by atoms with E-state index in [1.807, 2.05) is 38.1 Å². The standard InChI is InChI=1S/C24H31N3O3.C2H6/c1-25-24(28)19-3-8-22-18(17-19)10-16-30-23(22)9-11-26-12-14-27(15-13-26)20-4-6-21(29-2)7-5-20;1-2/h3-8,17,23H,9-16H2,1-2H3,(H,25,28);1-2H3. The maximum absolute atomic E-state index is 11.9. The summed E-state index contributed by atoms with van der Waals surface area (Å²) in [6, 6.07) is 14.3. The molecule has 32 heavy (non-hydrogen) atoms. The van der Waals surface area contributed by atoms with Crippen molar-refractivity contribution in [3.05, 3.63) is 59.2 Å². The molecule has 2 aromatic carbocycles. The van der Waals surface area contributed by atoms with Crippen LogP contribution in [0.4, 0.5) is 5.69 Å². The first-order valence-corrected chi connectivity index (χ1v) is 11.8. The van der Waals surface area contributed by atoms with E-state index >= 15 is 0 Å². The number of nitrogens with zero attached hydrogens (tertiary/aromatic N) is 2. The molecule has 1 saturated heterocycles. The van der Waals surface area contributed by atoms with Crippen LogP contribution in [0.3, 0.4) is 0 Å². The number of amides is 1. The molecule has 4 rings (SSSR count). The molecule has 1 atom stereocenters. The van der Waals surface area contributed by atoms with Crippen molar-refractivity contribution in [2.45, 2.75) is 32.8 Å². The SMILES string of the molecule is CC.CNC(=O)c1ccc2c(c1)CCOC2CCN1CCN(c2ccc(OC)cc2)CC1. The molecule has 1 N–H and O–H groups in total. The molecule has 1 unspecified atom stereocenters. The molecule has 0 aliphatic carbocycles. The number of hydrogen-bond acceptors (Lipinski definition) is 5. The van der Waals surface area contributed by atoms with Crippen molar-refractivity contribution >= 4 is 11.6 Å². The van der Waals surface area contributed by atoms with Gasteiger partial charge in [-0.3, -0.25) is 9.69 Å². The van der Waals surface area contributed by atoms with Gasteiger partial charge in [-0.2, -0.15) is 0 Å². The number of methoxy groups -OCH3 is 1. The number of carbonyl (C=O) groups is 1. The van der Waals surface area contributed by atoms with Crippen molar-refractivity contribution in [2.24, 2.45) is 0 Å². The summed E-state index contributed by atoms with van der Waals surface area (Å²) in [6.45, 7) is 9.92. The van der Waals surface area contributed by atoms with Crippen LogP contribution in [0.5, 0.6) is 5.75 Å². The first kappa shape index (κ1) is 24.1. The number of ether oxygens (including phenoxy) is 2. The Morgan fingerprint density at radius 1 is 1.09 bits per heavy atom. The van der Waals surface area contributed by atoms with Crippen LogP contribution in [0.1, 0.15) is 47.9 Å². The van der Waals surface area contributed by atoms with Gasteiger partial charge in [0.25, 0.3) is 5.91 Å². The van der Waals surface area contributed by atoms with Crippen molar-refractivity contribution in [3.63, 3.8) is 0 Å². The molecule has 0 bridgehead atoms. The van der Waals surface area contributed by atoms with Crippen LogP contribution in [0.15, 0.2) is 42.5 Å². The van der Waals surface area contributed by atoms with E-state index in [1.165, 1.54) is 16.8 Å². The summed E-state index contributed by atoms with van der Waals surface area (Å²) in [5.74, 6) is 0.864. The lowest BCUT2D eigenvalue weighted by molar-refractivity contribution is 0.0288. The fourth-order valence-corrected chi connectivity index (χ4v) is 4.38. The maximum Gasteiger partial charge on any atom is 0.251 e. The molecular weight excluding hydrogens is 402 g/mol. The van der Waals surface area contributed by atoms with Crippen molar-refractivity contribution < 1.29 is 14.3 Å².